The Kier molecular flexibility index (Phi) is 6.54. The van der Waals surface area contributed by atoms with Crippen LogP contribution in [0.25, 0.3) is 0 Å². The highest BCUT2D eigenvalue weighted by Crippen LogP contribution is 2.45. The lowest BCUT2D eigenvalue weighted by Gasteiger charge is -2.26. The number of rotatable bonds is 6. The number of hydrogen-bond acceptors (Lipinski definition) is 3. The predicted molar refractivity (Wildman–Crippen MR) is 110 cm³/mol. The molecule has 1 aliphatic heterocycles. The van der Waals surface area contributed by atoms with E-state index in [2.05, 4.69) is 22.5 Å². The van der Waals surface area contributed by atoms with Crippen molar-refractivity contribution in [2.24, 2.45) is 16.1 Å². The quantitative estimate of drug-likeness (QED) is 0.512. The van der Waals surface area contributed by atoms with E-state index >= 15 is 0 Å². The van der Waals surface area contributed by atoms with E-state index in [1.165, 1.54) is 32.1 Å². The van der Waals surface area contributed by atoms with Crippen LogP contribution in [0.15, 0.2) is 29.3 Å². The van der Waals surface area contributed by atoms with Crippen LogP contribution in [0.3, 0.4) is 0 Å². The zero-order chi connectivity index (χ0) is 20.0. The summed E-state index contributed by atoms with van der Waals surface area (Å²) in [5.74, 6) is 0.118. The van der Waals surface area contributed by atoms with Crippen molar-refractivity contribution in [1.82, 2.24) is 15.5 Å². The molecule has 1 aromatic carbocycles. The molecule has 0 aromatic heterocycles. The summed E-state index contributed by atoms with van der Waals surface area (Å²) in [6.45, 7) is 5.53. The van der Waals surface area contributed by atoms with Crippen LogP contribution >= 0.6 is 0 Å². The maximum absolute atomic E-state index is 11.9. The first kappa shape index (κ1) is 20.2. The molecule has 2 fully saturated rings. The molecule has 0 bridgehead atoms. The second-order valence-corrected chi connectivity index (χ2v) is 7.89. The Bertz CT molecular complexity index is 723. The third-order valence-electron chi connectivity index (χ3n) is 5.79. The summed E-state index contributed by atoms with van der Waals surface area (Å²) in [6.07, 6.45) is 6.69. The summed E-state index contributed by atoms with van der Waals surface area (Å²) >= 11 is 0. The third kappa shape index (κ3) is 5.03. The molecule has 0 atom stereocenters. The SMILES string of the molecule is CCNC(=NCc1ccc(C(=O)NCC(N)=O)cc1)N1CCC2(CCCC2)C1. The highest BCUT2D eigenvalue weighted by Gasteiger charge is 2.41. The molecule has 1 aliphatic carbocycles. The van der Waals surface area contributed by atoms with Crippen LogP contribution in [0.5, 0.6) is 0 Å². The van der Waals surface area contributed by atoms with Gasteiger partial charge >= 0.3 is 0 Å². The molecule has 7 heteroatoms. The molecule has 7 nitrogen and oxygen atoms in total. The van der Waals surface area contributed by atoms with Crippen molar-refractivity contribution in [3.8, 4) is 0 Å². The van der Waals surface area contributed by atoms with Crippen LogP contribution in [0.4, 0.5) is 0 Å². The van der Waals surface area contributed by atoms with Crippen LogP contribution < -0.4 is 16.4 Å². The van der Waals surface area contributed by atoms with Crippen molar-refractivity contribution in [3.63, 3.8) is 0 Å². The lowest BCUT2D eigenvalue weighted by Crippen LogP contribution is -2.41. The van der Waals surface area contributed by atoms with E-state index in [1.807, 2.05) is 12.1 Å². The van der Waals surface area contributed by atoms with Gasteiger partial charge in [-0.1, -0.05) is 25.0 Å². The van der Waals surface area contributed by atoms with Crippen LogP contribution in [0, 0.1) is 5.41 Å². The van der Waals surface area contributed by atoms with Crippen molar-refractivity contribution in [1.29, 1.82) is 0 Å². The molecule has 1 saturated heterocycles. The summed E-state index contributed by atoms with van der Waals surface area (Å²) in [6, 6.07) is 7.29. The van der Waals surface area contributed by atoms with Gasteiger partial charge in [-0.2, -0.15) is 0 Å². The van der Waals surface area contributed by atoms with Gasteiger partial charge in [-0.05, 0) is 49.3 Å². The van der Waals surface area contributed by atoms with Gasteiger partial charge in [-0.15, -0.1) is 0 Å². The molecule has 0 unspecified atom stereocenters. The molecule has 0 radical (unpaired) electrons. The normalized spacial score (nSPS) is 18.5. The monoisotopic (exact) mass is 385 g/mol. The summed E-state index contributed by atoms with van der Waals surface area (Å²) in [7, 11) is 0. The van der Waals surface area contributed by atoms with Crippen molar-refractivity contribution < 1.29 is 9.59 Å². The molecule has 4 N–H and O–H groups in total. The number of hydrogen-bond donors (Lipinski definition) is 3. The number of carbonyl (C=O) groups is 2. The average molecular weight is 386 g/mol. The number of carbonyl (C=O) groups excluding carboxylic acids is 2. The second-order valence-electron chi connectivity index (χ2n) is 7.89. The number of benzene rings is 1. The Labute approximate surface area is 166 Å². The van der Waals surface area contributed by atoms with Gasteiger partial charge in [0.1, 0.15) is 0 Å². The first-order chi connectivity index (χ1) is 13.5. The van der Waals surface area contributed by atoms with Gasteiger partial charge in [0, 0.05) is 25.2 Å². The first-order valence-corrected chi connectivity index (χ1v) is 10.2. The number of nitrogens with two attached hydrogens (primary N) is 1. The minimum atomic E-state index is -0.559. The lowest BCUT2D eigenvalue weighted by atomic mass is 9.86. The molecule has 2 aliphatic rings. The lowest BCUT2D eigenvalue weighted by molar-refractivity contribution is -0.117. The van der Waals surface area contributed by atoms with Gasteiger partial charge in [-0.25, -0.2) is 4.99 Å². The summed E-state index contributed by atoms with van der Waals surface area (Å²) in [4.78, 5) is 29.9. The number of guanidine groups is 1. The number of nitrogens with zero attached hydrogens (tertiary/aromatic N) is 2. The minimum absolute atomic E-state index is 0.158. The van der Waals surface area contributed by atoms with Gasteiger partial charge in [0.2, 0.25) is 5.91 Å². The summed E-state index contributed by atoms with van der Waals surface area (Å²) in [5, 5.41) is 5.91. The molecule has 2 amide bonds. The third-order valence-corrected chi connectivity index (χ3v) is 5.79. The topological polar surface area (TPSA) is 99.8 Å². The van der Waals surface area contributed by atoms with E-state index in [0.717, 1.165) is 31.2 Å². The minimum Gasteiger partial charge on any atom is -0.368 e. The van der Waals surface area contributed by atoms with Crippen LogP contribution in [-0.4, -0.2) is 48.9 Å². The highest BCUT2D eigenvalue weighted by atomic mass is 16.2. The van der Waals surface area contributed by atoms with Crippen LogP contribution in [0.2, 0.25) is 0 Å². The Morgan fingerprint density at radius 2 is 1.86 bits per heavy atom. The Balaban J connectivity index is 1.60. The zero-order valence-electron chi connectivity index (χ0n) is 16.7. The Hall–Kier alpha value is -2.57. The van der Waals surface area contributed by atoms with E-state index in [-0.39, 0.29) is 12.5 Å². The zero-order valence-corrected chi connectivity index (χ0v) is 16.7. The summed E-state index contributed by atoms with van der Waals surface area (Å²) in [5.41, 5.74) is 7.10. The smallest absolute Gasteiger partial charge is 0.251 e. The Morgan fingerprint density at radius 3 is 2.50 bits per heavy atom. The van der Waals surface area contributed by atoms with E-state index < -0.39 is 5.91 Å². The maximum atomic E-state index is 11.9. The van der Waals surface area contributed by atoms with Crippen LogP contribution in [-0.2, 0) is 11.3 Å². The molecule has 1 saturated carbocycles. The fraction of sp³-hybridized carbons (Fsp3) is 0.571. The number of amides is 2. The van der Waals surface area contributed by atoms with Gasteiger partial charge in [0.25, 0.3) is 5.91 Å². The highest BCUT2D eigenvalue weighted by molar-refractivity contribution is 5.96. The Morgan fingerprint density at radius 1 is 1.14 bits per heavy atom. The van der Waals surface area contributed by atoms with E-state index in [9.17, 15) is 9.59 Å². The number of primary amides is 1. The fourth-order valence-corrected chi connectivity index (χ4v) is 4.27. The molecule has 1 spiro atoms. The molecule has 1 heterocycles. The molecular formula is C21H31N5O2. The molecule has 152 valence electrons. The average Bonchev–Trinajstić information content (AvgIpc) is 3.33. The number of likely N-dealkylation sites (tertiary alicyclic amines) is 1. The fourth-order valence-electron chi connectivity index (χ4n) is 4.27. The van der Waals surface area contributed by atoms with Crippen molar-refractivity contribution >= 4 is 17.8 Å². The van der Waals surface area contributed by atoms with Gasteiger partial charge in [-0.3, -0.25) is 9.59 Å². The molecule has 1 aromatic rings. The standard InChI is InChI=1S/C21H31N5O2/c1-2-23-20(26-12-11-21(15-26)9-3-4-10-21)25-13-16-5-7-17(8-6-16)19(28)24-14-18(22)27/h5-8H,2-4,9-15H2,1H3,(H2,22,27)(H,23,25)(H,24,28). The van der Waals surface area contributed by atoms with Crippen molar-refractivity contribution in [2.75, 3.05) is 26.2 Å². The second kappa shape index (κ2) is 9.08. The van der Waals surface area contributed by atoms with Crippen molar-refractivity contribution in [3.05, 3.63) is 35.4 Å². The summed E-state index contributed by atoms with van der Waals surface area (Å²) < 4.78 is 0. The number of nitrogens with one attached hydrogen (secondary N) is 2. The van der Waals surface area contributed by atoms with E-state index in [0.29, 0.717) is 17.5 Å². The maximum Gasteiger partial charge on any atom is 0.251 e. The van der Waals surface area contributed by atoms with Gasteiger partial charge < -0.3 is 21.3 Å². The van der Waals surface area contributed by atoms with E-state index in [1.54, 1.807) is 12.1 Å². The van der Waals surface area contributed by atoms with E-state index in [4.69, 9.17) is 10.7 Å². The largest absolute Gasteiger partial charge is 0.368 e. The van der Waals surface area contributed by atoms with Gasteiger partial charge in [0.15, 0.2) is 5.96 Å². The van der Waals surface area contributed by atoms with Crippen LogP contribution in [0.1, 0.15) is 54.9 Å². The molecule has 28 heavy (non-hydrogen) atoms. The van der Waals surface area contributed by atoms with Gasteiger partial charge in [0.05, 0.1) is 13.1 Å². The molecular weight excluding hydrogens is 354 g/mol. The molecule has 3 rings (SSSR count). The first-order valence-electron chi connectivity index (χ1n) is 10.2. The number of aliphatic imine (C=N–C) groups is 1. The van der Waals surface area contributed by atoms with Crippen molar-refractivity contribution in [2.45, 2.75) is 45.6 Å². The predicted octanol–water partition coefficient (Wildman–Crippen LogP) is 1.63.